The molecule has 0 heterocycles. The van der Waals surface area contributed by atoms with E-state index in [-0.39, 0.29) is 5.91 Å². The molecule has 3 N–H and O–H groups in total. The predicted octanol–water partition coefficient (Wildman–Crippen LogP) is 1.94. The number of carbonyl (C=O) groups is 2. The minimum atomic E-state index is -4.69. The van der Waals surface area contributed by atoms with Gasteiger partial charge in [-0.2, -0.15) is 13.2 Å². The minimum Gasteiger partial charge on any atom is -0.354 e. The molecule has 2 rings (SSSR count). The van der Waals surface area contributed by atoms with Crippen LogP contribution < -0.4 is 15.4 Å². The molecule has 1 aromatic rings. The highest BCUT2D eigenvalue weighted by Gasteiger charge is 2.40. The SMILES string of the molecule is CCNC(=O)C1(NC(=O)CNS(=O)(=O)c2cccc(C(F)(F)F)c2)CCCCC1. The van der Waals surface area contributed by atoms with Crippen LogP contribution in [0.1, 0.15) is 44.6 Å². The van der Waals surface area contributed by atoms with Gasteiger partial charge in [-0.1, -0.05) is 25.3 Å². The summed E-state index contributed by atoms with van der Waals surface area (Å²) in [7, 11) is -4.34. The molecule has 0 aromatic heterocycles. The Balaban J connectivity index is 2.08. The summed E-state index contributed by atoms with van der Waals surface area (Å²) in [6.45, 7) is 1.44. The Bertz CT molecular complexity index is 850. The Morgan fingerprint density at radius 3 is 2.38 bits per heavy atom. The van der Waals surface area contributed by atoms with Crippen molar-refractivity contribution in [1.29, 1.82) is 0 Å². The lowest BCUT2D eigenvalue weighted by Crippen LogP contribution is -2.61. The molecule has 11 heteroatoms. The molecule has 0 saturated heterocycles. The molecule has 1 aromatic carbocycles. The lowest BCUT2D eigenvalue weighted by Gasteiger charge is -2.36. The lowest BCUT2D eigenvalue weighted by atomic mass is 9.80. The Kier molecular flexibility index (Phi) is 7.28. The molecule has 0 aliphatic heterocycles. The van der Waals surface area contributed by atoms with E-state index in [2.05, 4.69) is 10.6 Å². The molecular formula is C18H24F3N3O4S. The number of likely N-dealkylation sites (N-methyl/N-ethyl adjacent to an activating group) is 1. The highest BCUT2D eigenvalue weighted by Crippen LogP contribution is 2.30. The number of nitrogens with one attached hydrogen (secondary N) is 3. The maximum Gasteiger partial charge on any atom is 0.416 e. The molecule has 0 unspecified atom stereocenters. The summed E-state index contributed by atoms with van der Waals surface area (Å²) in [6, 6.07) is 3.23. The number of halogens is 3. The van der Waals surface area contributed by atoms with Crippen LogP contribution in [0.25, 0.3) is 0 Å². The zero-order chi connectivity index (χ0) is 21.7. The lowest BCUT2D eigenvalue weighted by molar-refractivity contribution is -0.137. The largest absolute Gasteiger partial charge is 0.416 e. The fourth-order valence-corrected chi connectivity index (χ4v) is 4.32. The van der Waals surface area contributed by atoms with Crippen molar-refractivity contribution in [2.75, 3.05) is 13.1 Å². The molecule has 1 aliphatic carbocycles. The molecule has 162 valence electrons. The van der Waals surface area contributed by atoms with Gasteiger partial charge in [-0.05, 0) is 38.0 Å². The summed E-state index contributed by atoms with van der Waals surface area (Å²) in [5.41, 5.74) is -2.21. The van der Waals surface area contributed by atoms with Crippen molar-refractivity contribution in [3.8, 4) is 0 Å². The summed E-state index contributed by atoms with van der Waals surface area (Å²) in [5, 5.41) is 5.30. The first-order chi connectivity index (χ1) is 13.5. The van der Waals surface area contributed by atoms with Gasteiger partial charge in [0, 0.05) is 6.54 Å². The monoisotopic (exact) mass is 435 g/mol. The van der Waals surface area contributed by atoms with Gasteiger partial charge in [0.25, 0.3) is 0 Å². The van der Waals surface area contributed by atoms with Gasteiger partial charge in [-0.25, -0.2) is 13.1 Å². The molecule has 1 aliphatic rings. The van der Waals surface area contributed by atoms with E-state index in [4.69, 9.17) is 0 Å². The molecule has 0 atom stereocenters. The molecule has 1 saturated carbocycles. The highest BCUT2D eigenvalue weighted by atomic mass is 32.2. The van der Waals surface area contributed by atoms with Crippen LogP contribution >= 0.6 is 0 Å². The average molecular weight is 435 g/mol. The molecule has 0 radical (unpaired) electrons. The number of amides is 2. The maximum absolute atomic E-state index is 12.8. The summed E-state index contributed by atoms with van der Waals surface area (Å²) in [5.74, 6) is -1.05. The molecule has 1 fully saturated rings. The van der Waals surface area contributed by atoms with E-state index < -0.39 is 44.6 Å². The van der Waals surface area contributed by atoms with Crippen LogP contribution in [0.2, 0.25) is 0 Å². The van der Waals surface area contributed by atoms with Gasteiger partial charge in [0.2, 0.25) is 21.8 Å². The van der Waals surface area contributed by atoms with Gasteiger partial charge in [0.05, 0.1) is 17.0 Å². The van der Waals surface area contributed by atoms with Crippen LogP contribution in [0.3, 0.4) is 0 Å². The molecule has 0 spiro atoms. The van der Waals surface area contributed by atoms with E-state index in [0.717, 1.165) is 37.5 Å². The number of hydrogen-bond donors (Lipinski definition) is 3. The Hall–Kier alpha value is -2.14. The first-order valence-electron chi connectivity index (χ1n) is 9.26. The minimum absolute atomic E-state index is 0.325. The van der Waals surface area contributed by atoms with Crippen molar-refractivity contribution in [2.24, 2.45) is 0 Å². The number of benzene rings is 1. The quantitative estimate of drug-likeness (QED) is 0.609. The summed E-state index contributed by atoms with van der Waals surface area (Å²) in [4.78, 5) is 24.2. The normalized spacial score (nSPS) is 16.8. The van der Waals surface area contributed by atoms with Crippen molar-refractivity contribution >= 4 is 21.8 Å². The third kappa shape index (κ3) is 5.92. The second kappa shape index (κ2) is 9.12. The van der Waals surface area contributed by atoms with Gasteiger partial charge in [-0.15, -0.1) is 0 Å². The van der Waals surface area contributed by atoms with Crippen LogP contribution in [0.5, 0.6) is 0 Å². The predicted molar refractivity (Wildman–Crippen MR) is 99.3 cm³/mol. The van der Waals surface area contributed by atoms with E-state index >= 15 is 0 Å². The van der Waals surface area contributed by atoms with Crippen molar-refractivity contribution < 1.29 is 31.2 Å². The van der Waals surface area contributed by atoms with Crippen molar-refractivity contribution in [3.63, 3.8) is 0 Å². The summed E-state index contributed by atoms with van der Waals surface area (Å²) >= 11 is 0. The zero-order valence-electron chi connectivity index (χ0n) is 15.9. The Labute approximate surface area is 167 Å². The van der Waals surface area contributed by atoms with E-state index in [9.17, 15) is 31.2 Å². The third-order valence-electron chi connectivity index (χ3n) is 4.75. The highest BCUT2D eigenvalue weighted by molar-refractivity contribution is 7.89. The van der Waals surface area contributed by atoms with Gasteiger partial charge >= 0.3 is 6.18 Å². The van der Waals surface area contributed by atoms with E-state index in [1.165, 1.54) is 0 Å². The topological polar surface area (TPSA) is 104 Å². The van der Waals surface area contributed by atoms with Crippen molar-refractivity contribution in [2.45, 2.75) is 55.6 Å². The molecular weight excluding hydrogens is 411 g/mol. The van der Waals surface area contributed by atoms with Gasteiger partial charge in [0.15, 0.2) is 0 Å². The fourth-order valence-electron chi connectivity index (χ4n) is 3.29. The zero-order valence-corrected chi connectivity index (χ0v) is 16.8. The van der Waals surface area contributed by atoms with Crippen LogP contribution in [0.4, 0.5) is 13.2 Å². The standard InChI is InChI=1S/C18H24F3N3O4S/c1-2-22-16(26)17(9-4-3-5-10-17)24-15(25)12-23-29(27,28)14-8-6-7-13(11-14)18(19,20)21/h6-8,11,23H,2-5,9-10,12H2,1H3,(H,22,26)(H,24,25). The smallest absolute Gasteiger partial charge is 0.354 e. The van der Waals surface area contributed by atoms with Gasteiger partial charge in [-0.3, -0.25) is 9.59 Å². The molecule has 29 heavy (non-hydrogen) atoms. The van der Waals surface area contributed by atoms with Crippen LogP contribution in [-0.4, -0.2) is 38.9 Å². The van der Waals surface area contributed by atoms with Crippen LogP contribution in [0, 0.1) is 0 Å². The number of hydrogen-bond acceptors (Lipinski definition) is 4. The van der Waals surface area contributed by atoms with Crippen LogP contribution in [0.15, 0.2) is 29.2 Å². The number of alkyl halides is 3. The average Bonchev–Trinajstić information content (AvgIpc) is 2.67. The van der Waals surface area contributed by atoms with E-state index in [1.807, 2.05) is 4.72 Å². The van der Waals surface area contributed by atoms with Crippen molar-refractivity contribution in [3.05, 3.63) is 29.8 Å². The number of sulfonamides is 1. The summed E-state index contributed by atoms with van der Waals surface area (Å²) < 4.78 is 64.9. The van der Waals surface area contributed by atoms with E-state index in [0.29, 0.717) is 25.5 Å². The first-order valence-corrected chi connectivity index (χ1v) is 10.7. The first kappa shape index (κ1) is 23.1. The second-order valence-corrected chi connectivity index (χ2v) is 8.67. The number of rotatable bonds is 7. The molecule has 2 amide bonds. The maximum atomic E-state index is 12.8. The summed E-state index contributed by atoms with van der Waals surface area (Å²) in [6.07, 6.45) is -1.40. The van der Waals surface area contributed by atoms with Gasteiger partial charge < -0.3 is 10.6 Å². The molecule has 7 nitrogen and oxygen atoms in total. The second-order valence-electron chi connectivity index (χ2n) is 6.90. The van der Waals surface area contributed by atoms with E-state index in [1.54, 1.807) is 6.92 Å². The fraction of sp³-hybridized carbons (Fsp3) is 0.556. The van der Waals surface area contributed by atoms with Crippen LogP contribution in [-0.2, 0) is 25.8 Å². The Morgan fingerprint density at radius 1 is 1.14 bits per heavy atom. The van der Waals surface area contributed by atoms with Gasteiger partial charge in [0.1, 0.15) is 5.54 Å². The van der Waals surface area contributed by atoms with Crippen molar-refractivity contribution in [1.82, 2.24) is 15.4 Å². The third-order valence-corrected chi connectivity index (χ3v) is 6.15. The molecule has 0 bridgehead atoms. The Morgan fingerprint density at radius 2 is 1.79 bits per heavy atom. The number of carbonyl (C=O) groups excluding carboxylic acids is 2.